The second kappa shape index (κ2) is 8.41. The number of aromatic nitrogens is 1. The number of nitrogens with one attached hydrogen (secondary N) is 1. The zero-order valence-corrected chi connectivity index (χ0v) is 17.3. The average Bonchev–Trinajstić information content (AvgIpc) is 3.09. The molecule has 3 rings (SSSR count). The Bertz CT molecular complexity index is 883. The molecule has 2 aliphatic rings. The first kappa shape index (κ1) is 20.5. The van der Waals surface area contributed by atoms with Gasteiger partial charge in [0.15, 0.2) is 10.8 Å². The van der Waals surface area contributed by atoms with Crippen LogP contribution in [-0.2, 0) is 19.2 Å². The van der Waals surface area contributed by atoms with Crippen molar-refractivity contribution < 1.29 is 24.3 Å². The molecule has 1 aromatic rings. The van der Waals surface area contributed by atoms with Gasteiger partial charge in [-0.15, -0.1) is 23.1 Å². The van der Waals surface area contributed by atoms with E-state index in [0.717, 1.165) is 11.3 Å². The van der Waals surface area contributed by atoms with E-state index < -0.39 is 29.2 Å². The quantitative estimate of drug-likeness (QED) is 0.305. The summed E-state index contributed by atoms with van der Waals surface area (Å²) in [7, 11) is 1.29. The number of β-lactam (4-membered cyclic amide) rings is 1. The van der Waals surface area contributed by atoms with Crippen molar-refractivity contribution in [3.05, 3.63) is 22.3 Å². The second-order valence-electron chi connectivity index (χ2n) is 5.74. The van der Waals surface area contributed by atoms with Gasteiger partial charge in [-0.3, -0.25) is 14.5 Å². The Kier molecular flexibility index (Phi) is 6.15. The van der Waals surface area contributed by atoms with Crippen LogP contribution in [0.4, 0.5) is 5.13 Å². The van der Waals surface area contributed by atoms with Crippen molar-refractivity contribution in [2.75, 3.05) is 30.6 Å². The van der Waals surface area contributed by atoms with Crippen LogP contribution in [0.2, 0.25) is 0 Å². The minimum absolute atomic E-state index is 0.00616. The molecule has 1 saturated heterocycles. The van der Waals surface area contributed by atoms with Gasteiger partial charge in [-0.2, -0.15) is 11.8 Å². The number of thiazole rings is 1. The number of hydrogen-bond acceptors (Lipinski definition) is 10. The monoisotopic (exact) mass is 443 g/mol. The fourth-order valence-electron chi connectivity index (χ4n) is 2.87. The van der Waals surface area contributed by atoms with Gasteiger partial charge < -0.3 is 21.0 Å². The van der Waals surface area contributed by atoms with Crippen molar-refractivity contribution in [1.29, 1.82) is 0 Å². The molecule has 2 aliphatic heterocycles. The maximum absolute atomic E-state index is 12.6. The van der Waals surface area contributed by atoms with Gasteiger partial charge in [0.1, 0.15) is 29.9 Å². The zero-order valence-electron chi connectivity index (χ0n) is 14.9. The fourth-order valence-corrected chi connectivity index (χ4v) is 5.48. The smallest absolute Gasteiger partial charge is 0.352 e. The molecule has 0 saturated carbocycles. The minimum Gasteiger partial charge on any atom is -0.477 e. The lowest BCUT2D eigenvalue weighted by Gasteiger charge is -2.49. The molecule has 13 heteroatoms. The number of hydrogen-bond donors (Lipinski definition) is 3. The Morgan fingerprint density at radius 1 is 1.57 bits per heavy atom. The first-order chi connectivity index (χ1) is 13.4. The van der Waals surface area contributed by atoms with Crippen molar-refractivity contribution in [2.24, 2.45) is 5.16 Å². The number of nitrogens with two attached hydrogens (primary N) is 1. The predicted octanol–water partition coefficient (Wildman–Crippen LogP) is 0.177. The molecule has 0 spiro atoms. The lowest BCUT2D eigenvalue weighted by atomic mass is 10.0. The molecule has 1 aromatic heterocycles. The van der Waals surface area contributed by atoms with E-state index in [9.17, 15) is 19.5 Å². The summed E-state index contributed by atoms with van der Waals surface area (Å²) in [5.41, 5.74) is 6.42. The number of carboxylic acid groups (broad SMARTS) is 1. The van der Waals surface area contributed by atoms with Crippen LogP contribution in [0.3, 0.4) is 0 Å². The van der Waals surface area contributed by atoms with Gasteiger partial charge in [0.25, 0.3) is 11.8 Å². The molecule has 4 N–H and O–H groups in total. The Morgan fingerprint density at radius 2 is 2.32 bits per heavy atom. The molecule has 10 nitrogen and oxygen atoms in total. The molecule has 0 bridgehead atoms. The summed E-state index contributed by atoms with van der Waals surface area (Å²) in [6.45, 7) is 0. The summed E-state index contributed by atoms with van der Waals surface area (Å²) in [5.74, 6) is -1.27. The van der Waals surface area contributed by atoms with Crippen molar-refractivity contribution in [2.45, 2.75) is 11.4 Å². The number of oxime groups is 1. The van der Waals surface area contributed by atoms with Crippen LogP contribution in [-0.4, -0.2) is 74.8 Å². The summed E-state index contributed by atoms with van der Waals surface area (Å²) in [6, 6.07) is -0.860. The van der Waals surface area contributed by atoms with Gasteiger partial charge >= 0.3 is 5.97 Å². The van der Waals surface area contributed by atoms with Crippen LogP contribution in [0.1, 0.15) is 5.69 Å². The van der Waals surface area contributed by atoms with E-state index in [-0.39, 0.29) is 22.2 Å². The molecular formula is C15H17N5O5S3. The maximum Gasteiger partial charge on any atom is 0.352 e. The molecular weight excluding hydrogens is 426 g/mol. The number of fused-ring (bicyclic) bond motifs is 1. The largest absolute Gasteiger partial charge is 0.477 e. The highest BCUT2D eigenvalue weighted by molar-refractivity contribution is 8.00. The molecule has 150 valence electrons. The standard InChI is InChI=1S/C15H17N5O5S3/c1-25-19-8(7-5-28-15(16)17-7)11(21)18-9-12(22)20-10(14(23)24)6(3-26-2)4-27-13(9)20/h5,9,13H,3-4H2,1-2H3,(H2,16,17)(H,18,21)(H,23,24)/t9?,13-/m0/s1. The van der Waals surface area contributed by atoms with Gasteiger partial charge in [0.2, 0.25) is 0 Å². The van der Waals surface area contributed by atoms with Crippen LogP contribution < -0.4 is 11.1 Å². The van der Waals surface area contributed by atoms with E-state index in [4.69, 9.17) is 10.6 Å². The number of nitrogens with zero attached hydrogens (tertiary/aromatic N) is 3. The number of rotatable bonds is 7. The number of carbonyl (C=O) groups excluding carboxylic acids is 2. The van der Waals surface area contributed by atoms with Gasteiger partial charge in [0, 0.05) is 16.9 Å². The number of aliphatic carboxylic acids is 1. The van der Waals surface area contributed by atoms with Gasteiger partial charge in [-0.05, 0) is 11.8 Å². The third-order valence-corrected chi connectivity index (χ3v) is 6.67. The number of carbonyl (C=O) groups is 3. The predicted molar refractivity (Wildman–Crippen MR) is 108 cm³/mol. The topological polar surface area (TPSA) is 147 Å². The van der Waals surface area contributed by atoms with Gasteiger partial charge in [-0.1, -0.05) is 5.16 Å². The van der Waals surface area contributed by atoms with E-state index in [1.54, 1.807) is 5.38 Å². The Labute approximate surface area is 172 Å². The first-order valence-corrected chi connectivity index (χ1v) is 11.2. The van der Waals surface area contributed by atoms with Crippen LogP contribution >= 0.6 is 34.9 Å². The SMILES string of the molecule is CON=C(C(=O)NC1C(=O)N2C(C(=O)O)=C(CSC)CS[C@@H]12)c1csc(N)n1. The van der Waals surface area contributed by atoms with Crippen LogP contribution in [0, 0.1) is 0 Å². The summed E-state index contributed by atoms with van der Waals surface area (Å²) in [4.78, 5) is 46.9. The van der Waals surface area contributed by atoms with E-state index in [1.807, 2.05) is 6.26 Å². The van der Waals surface area contributed by atoms with Crippen LogP contribution in [0.5, 0.6) is 0 Å². The highest BCUT2D eigenvalue weighted by Crippen LogP contribution is 2.40. The van der Waals surface area contributed by atoms with Crippen LogP contribution in [0.25, 0.3) is 0 Å². The fraction of sp³-hybridized carbons (Fsp3) is 0.400. The molecule has 0 radical (unpaired) electrons. The lowest BCUT2D eigenvalue weighted by molar-refractivity contribution is -0.150. The molecule has 3 heterocycles. The van der Waals surface area contributed by atoms with Gasteiger partial charge in [0.05, 0.1) is 0 Å². The summed E-state index contributed by atoms with van der Waals surface area (Å²) < 4.78 is 0. The highest BCUT2D eigenvalue weighted by Gasteiger charge is 2.54. The zero-order chi connectivity index (χ0) is 20.4. The van der Waals surface area contributed by atoms with E-state index >= 15 is 0 Å². The van der Waals surface area contributed by atoms with Crippen molar-refractivity contribution in [3.63, 3.8) is 0 Å². The van der Waals surface area contributed by atoms with E-state index in [0.29, 0.717) is 17.1 Å². The number of thioether (sulfide) groups is 2. The Balaban J connectivity index is 1.78. The lowest BCUT2D eigenvalue weighted by Crippen LogP contribution is -2.71. The molecule has 2 amide bonds. The normalized spacial score (nSPS) is 21.9. The van der Waals surface area contributed by atoms with E-state index in [2.05, 4.69) is 15.5 Å². The average molecular weight is 444 g/mol. The van der Waals surface area contributed by atoms with Crippen LogP contribution in [0.15, 0.2) is 21.8 Å². The second-order valence-corrected chi connectivity index (χ2v) is 8.61. The Morgan fingerprint density at radius 3 is 2.89 bits per heavy atom. The number of carboxylic acids is 1. The minimum atomic E-state index is -1.15. The number of amides is 2. The maximum atomic E-state index is 12.6. The number of nitrogen functional groups attached to an aromatic ring is 1. The third kappa shape index (κ3) is 3.69. The third-order valence-electron chi connectivity index (χ3n) is 4.02. The summed E-state index contributed by atoms with van der Waals surface area (Å²) in [6.07, 6.45) is 1.87. The molecule has 2 atom stereocenters. The number of anilines is 1. The summed E-state index contributed by atoms with van der Waals surface area (Å²) in [5, 5.41) is 17.2. The van der Waals surface area contributed by atoms with Gasteiger partial charge in [-0.25, -0.2) is 9.78 Å². The first-order valence-electron chi connectivity index (χ1n) is 7.91. The van der Waals surface area contributed by atoms with Crippen molar-refractivity contribution in [1.82, 2.24) is 15.2 Å². The van der Waals surface area contributed by atoms with Crippen molar-refractivity contribution in [3.8, 4) is 0 Å². The Hall–Kier alpha value is -2.25. The summed E-state index contributed by atoms with van der Waals surface area (Å²) >= 11 is 4.04. The molecule has 0 aliphatic carbocycles. The molecule has 0 aromatic carbocycles. The molecule has 1 unspecified atom stereocenters. The molecule has 1 fully saturated rings. The highest BCUT2D eigenvalue weighted by atomic mass is 32.2. The molecule has 28 heavy (non-hydrogen) atoms. The van der Waals surface area contributed by atoms with E-state index in [1.165, 1.54) is 35.5 Å². The van der Waals surface area contributed by atoms with Crippen molar-refractivity contribution >= 4 is 63.5 Å².